The molecule has 6 heteroatoms. The predicted molar refractivity (Wildman–Crippen MR) is 67.2 cm³/mol. The molecule has 2 N–H and O–H groups in total. The van der Waals surface area contributed by atoms with E-state index in [1.807, 2.05) is 13.8 Å². The molecule has 1 aromatic heterocycles. The number of rotatable bonds is 6. The van der Waals surface area contributed by atoms with E-state index in [0.717, 1.165) is 30.1 Å². The number of hydrogen-bond acceptors (Lipinski definition) is 5. The number of amides is 1. The van der Waals surface area contributed by atoms with E-state index in [1.54, 1.807) is 6.92 Å². The van der Waals surface area contributed by atoms with Crippen molar-refractivity contribution in [3.05, 3.63) is 10.6 Å². The highest BCUT2D eigenvalue weighted by molar-refractivity contribution is 7.08. The number of carbonyl (C=O) groups excluding carboxylic acids is 1. The van der Waals surface area contributed by atoms with Crippen molar-refractivity contribution in [3.8, 4) is 0 Å². The first-order chi connectivity index (χ1) is 8.00. The summed E-state index contributed by atoms with van der Waals surface area (Å²) in [6.07, 6.45) is 2.28. The number of nitrogens with zero attached hydrogens (tertiary/aromatic N) is 2. The van der Waals surface area contributed by atoms with E-state index in [9.17, 15) is 9.90 Å². The number of aromatic nitrogens is 2. The van der Waals surface area contributed by atoms with Crippen molar-refractivity contribution < 1.29 is 9.90 Å². The Bertz CT molecular complexity index is 377. The van der Waals surface area contributed by atoms with Crippen molar-refractivity contribution >= 4 is 17.4 Å². The lowest BCUT2D eigenvalue weighted by Gasteiger charge is -2.21. The number of hydrogen-bond donors (Lipinski definition) is 2. The van der Waals surface area contributed by atoms with Gasteiger partial charge in [-0.25, -0.2) is 0 Å². The number of aryl methyl sites for hydroxylation is 1. The minimum Gasteiger partial charge on any atom is -0.388 e. The van der Waals surface area contributed by atoms with Crippen LogP contribution in [-0.2, 0) is 6.42 Å². The smallest absolute Gasteiger partial charge is 0.265 e. The maximum absolute atomic E-state index is 11.9. The molecule has 0 spiro atoms. The molecule has 0 aliphatic carbocycles. The minimum atomic E-state index is -0.862. The first-order valence-electron chi connectivity index (χ1n) is 5.82. The molecule has 1 amide bonds. The third-order valence-electron chi connectivity index (χ3n) is 2.64. The van der Waals surface area contributed by atoms with Crippen molar-refractivity contribution in [2.75, 3.05) is 6.54 Å². The first kappa shape index (κ1) is 14.1. The second kappa shape index (κ2) is 6.07. The topological polar surface area (TPSA) is 75.1 Å². The molecular weight excluding hydrogens is 238 g/mol. The van der Waals surface area contributed by atoms with Crippen LogP contribution in [0.1, 0.15) is 49.0 Å². The Kier molecular flexibility index (Phi) is 5.02. The molecule has 1 atom stereocenters. The van der Waals surface area contributed by atoms with Crippen LogP contribution in [-0.4, -0.2) is 32.7 Å². The van der Waals surface area contributed by atoms with E-state index < -0.39 is 5.60 Å². The van der Waals surface area contributed by atoms with E-state index in [0.29, 0.717) is 11.3 Å². The van der Waals surface area contributed by atoms with Crippen LogP contribution < -0.4 is 5.32 Å². The van der Waals surface area contributed by atoms with Gasteiger partial charge in [-0.05, 0) is 31.3 Å². The molecule has 0 fully saturated rings. The molecule has 1 rings (SSSR count). The normalized spacial score (nSPS) is 14.4. The van der Waals surface area contributed by atoms with E-state index in [2.05, 4.69) is 14.9 Å². The molecular formula is C11H19N3O2S. The lowest BCUT2D eigenvalue weighted by Crippen LogP contribution is -2.40. The van der Waals surface area contributed by atoms with Crippen molar-refractivity contribution in [1.82, 2.24) is 14.9 Å². The van der Waals surface area contributed by atoms with Gasteiger partial charge < -0.3 is 10.4 Å². The first-order valence-corrected chi connectivity index (χ1v) is 6.59. The van der Waals surface area contributed by atoms with Crippen LogP contribution in [0.5, 0.6) is 0 Å². The highest BCUT2D eigenvalue weighted by Crippen LogP contribution is 2.13. The molecule has 5 nitrogen and oxygen atoms in total. The Hall–Kier alpha value is -1.01. The Balaban J connectivity index is 2.61. The van der Waals surface area contributed by atoms with Gasteiger partial charge in [0.15, 0.2) is 0 Å². The van der Waals surface area contributed by atoms with Gasteiger partial charge in [-0.3, -0.25) is 4.79 Å². The molecule has 96 valence electrons. The van der Waals surface area contributed by atoms with Crippen LogP contribution in [0.3, 0.4) is 0 Å². The summed E-state index contributed by atoms with van der Waals surface area (Å²) in [5.41, 5.74) is -0.121. The van der Waals surface area contributed by atoms with Gasteiger partial charge in [-0.1, -0.05) is 24.8 Å². The molecule has 0 aliphatic heterocycles. The molecule has 0 aliphatic rings. The van der Waals surface area contributed by atoms with E-state index in [1.165, 1.54) is 0 Å². The predicted octanol–water partition coefficient (Wildman–Crippen LogP) is 1.38. The number of nitrogens with one attached hydrogen (secondary N) is 1. The molecule has 1 aromatic rings. The maximum atomic E-state index is 11.9. The summed E-state index contributed by atoms with van der Waals surface area (Å²) in [7, 11) is 0. The van der Waals surface area contributed by atoms with E-state index in [-0.39, 0.29) is 12.5 Å². The molecule has 0 radical (unpaired) electrons. The Morgan fingerprint density at radius 1 is 1.53 bits per heavy atom. The molecule has 1 heterocycles. The Labute approximate surface area is 105 Å². The van der Waals surface area contributed by atoms with Crippen molar-refractivity contribution in [1.29, 1.82) is 0 Å². The summed E-state index contributed by atoms with van der Waals surface area (Å²) >= 11 is 1.10. The highest BCUT2D eigenvalue weighted by atomic mass is 32.1. The second-order valence-corrected chi connectivity index (χ2v) is 5.09. The van der Waals surface area contributed by atoms with Gasteiger partial charge in [0.25, 0.3) is 5.91 Å². The van der Waals surface area contributed by atoms with Crippen LogP contribution in [0.25, 0.3) is 0 Å². The van der Waals surface area contributed by atoms with Gasteiger partial charge in [-0.2, -0.15) is 0 Å². The highest BCUT2D eigenvalue weighted by Gasteiger charge is 2.21. The standard InChI is InChI=1S/C11H19N3O2S/c1-4-6-8-9(17-14-13-8)10(15)12-7-11(3,16)5-2/h16H,4-7H2,1-3H3,(H,12,15). The van der Waals surface area contributed by atoms with Gasteiger partial charge in [0.05, 0.1) is 11.3 Å². The van der Waals surface area contributed by atoms with Crippen LogP contribution in [0.4, 0.5) is 0 Å². The maximum Gasteiger partial charge on any atom is 0.265 e. The average molecular weight is 257 g/mol. The summed E-state index contributed by atoms with van der Waals surface area (Å²) in [5.74, 6) is -0.197. The van der Waals surface area contributed by atoms with Crippen LogP contribution in [0.15, 0.2) is 0 Å². The lowest BCUT2D eigenvalue weighted by molar-refractivity contribution is 0.0519. The molecule has 0 saturated carbocycles. The van der Waals surface area contributed by atoms with Crippen LogP contribution >= 0.6 is 11.5 Å². The summed E-state index contributed by atoms with van der Waals surface area (Å²) < 4.78 is 3.79. The fourth-order valence-corrected chi connectivity index (χ4v) is 1.88. The zero-order valence-corrected chi connectivity index (χ0v) is 11.3. The lowest BCUT2D eigenvalue weighted by atomic mass is 10.0. The van der Waals surface area contributed by atoms with Crippen molar-refractivity contribution in [3.63, 3.8) is 0 Å². The fourth-order valence-electron chi connectivity index (χ4n) is 1.26. The number of carbonyl (C=O) groups is 1. The summed E-state index contributed by atoms with van der Waals surface area (Å²) in [6, 6.07) is 0. The van der Waals surface area contributed by atoms with Crippen LogP contribution in [0.2, 0.25) is 0 Å². The monoisotopic (exact) mass is 257 g/mol. The third kappa shape index (κ3) is 4.05. The SMILES string of the molecule is CCCc1nnsc1C(=O)NCC(C)(O)CC. The number of aliphatic hydroxyl groups is 1. The summed E-state index contributed by atoms with van der Waals surface area (Å²) in [5, 5.41) is 16.5. The Morgan fingerprint density at radius 3 is 2.82 bits per heavy atom. The second-order valence-electron chi connectivity index (χ2n) is 4.33. The zero-order chi connectivity index (χ0) is 12.9. The van der Waals surface area contributed by atoms with Gasteiger partial charge in [-0.15, -0.1) is 5.10 Å². The fraction of sp³-hybridized carbons (Fsp3) is 0.727. The van der Waals surface area contributed by atoms with Crippen LogP contribution in [0, 0.1) is 0 Å². The Morgan fingerprint density at radius 2 is 2.24 bits per heavy atom. The summed E-state index contributed by atoms with van der Waals surface area (Å²) in [4.78, 5) is 12.4. The van der Waals surface area contributed by atoms with E-state index >= 15 is 0 Å². The molecule has 1 unspecified atom stereocenters. The van der Waals surface area contributed by atoms with Gasteiger partial charge >= 0.3 is 0 Å². The molecule has 0 aromatic carbocycles. The quantitative estimate of drug-likeness (QED) is 0.807. The molecule has 0 saturated heterocycles. The summed E-state index contributed by atoms with van der Waals surface area (Å²) in [6.45, 7) is 5.85. The van der Waals surface area contributed by atoms with Crippen molar-refractivity contribution in [2.45, 2.75) is 45.6 Å². The van der Waals surface area contributed by atoms with Gasteiger partial charge in [0.1, 0.15) is 4.88 Å². The largest absolute Gasteiger partial charge is 0.388 e. The average Bonchev–Trinajstić information content (AvgIpc) is 2.75. The molecule has 0 bridgehead atoms. The third-order valence-corrected chi connectivity index (χ3v) is 3.41. The van der Waals surface area contributed by atoms with E-state index in [4.69, 9.17) is 0 Å². The minimum absolute atomic E-state index is 0.197. The zero-order valence-electron chi connectivity index (χ0n) is 10.5. The van der Waals surface area contributed by atoms with Gasteiger partial charge in [0, 0.05) is 6.54 Å². The van der Waals surface area contributed by atoms with Crippen molar-refractivity contribution in [2.24, 2.45) is 0 Å². The molecule has 17 heavy (non-hydrogen) atoms. The van der Waals surface area contributed by atoms with Gasteiger partial charge in [0.2, 0.25) is 0 Å².